The Morgan fingerprint density at radius 2 is 2.25 bits per heavy atom. The minimum absolute atomic E-state index is 0.240. The molecule has 0 spiro atoms. The summed E-state index contributed by atoms with van der Waals surface area (Å²) in [6, 6.07) is 2.19. The Labute approximate surface area is 71.2 Å². The molecule has 4 nitrogen and oxygen atoms in total. The maximum absolute atomic E-state index is 8.63. The minimum Gasteiger partial charge on any atom is -0.424 e. The molecule has 1 rings (SSSR count). The normalized spacial score (nSPS) is 9.92. The molecule has 64 valence electrons. The van der Waals surface area contributed by atoms with Crippen molar-refractivity contribution in [1.82, 2.24) is 4.98 Å². The SMILES string of the molecule is Cc1nc(C#N)c(NC(C)C)o1. The van der Waals surface area contributed by atoms with E-state index in [9.17, 15) is 0 Å². The van der Waals surface area contributed by atoms with E-state index in [1.807, 2.05) is 19.9 Å². The summed E-state index contributed by atoms with van der Waals surface area (Å²) in [7, 11) is 0. The lowest BCUT2D eigenvalue weighted by molar-refractivity contribution is 0.528. The third-order valence-corrected chi connectivity index (χ3v) is 1.26. The first-order chi connectivity index (χ1) is 5.63. The lowest BCUT2D eigenvalue weighted by Crippen LogP contribution is -2.09. The molecular formula is C8H11N3O. The minimum atomic E-state index is 0.240. The first kappa shape index (κ1) is 8.60. The first-order valence-corrected chi connectivity index (χ1v) is 3.77. The monoisotopic (exact) mass is 165 g/mol. The van der Waals surface area contributed by atoms with Crippen molar-refractivity contribution in [2.45, 2.75) is 26.8 Å². The third-order valence-electron chi connectivity index (χ3n) is 1.26. The highest BCUT2D eigenvalue weighted by Gasteiger charge is 2.10. The van der Waals surface area contributed by atoms with E-state index in [0.29, 0.717) is 17.5 Å². The van der Waals surface area contributed by atoms with Gasteiger partial charge in [-0.15, -0.1) is 0 Å². The average molecular weight is 165 g/mol. The fourth-order valence-electron chi connectivity index (χ4n) is 0.863. The molecule has 0 bridgehead atoms. The van der Waals surface area contributed by atoms with Gasteiger partial charge in [0, 0.05) is 13.0 Å². The Kier molecular flexibility index (Phi) is 2.34. The Morgan fingerprint density at radius 3 is 2.75 bits per heavy atom. The Hall–Kier alpha value is -1.50. The molecule has 0 aliphatic rings. The number of nitrogens with one attached hydrogen (secondary N) is 1. The van der Waals surface area contributed by atoms with E-state index in [1.54, 1.807) is 6.92 Å². The predicted octanol–water partition coefficient (Wildman–Crippen LogP) is 1.67. The van der Waals surface area contributed by atoms with Crippen LogP contribution >= 0.6 is 0 Å². The van der Waals surface area contributed by atoms with Gasteiger partial charge in [0.15, 0.2) is 5.89 Å². The second-order valence-electron chi connectivity index (χ2n) is 2.82. The fraction of sp³-hybridized carbons (Fsp3) is 0.500. The van der Waals surface area contributed by atoms with Gasteiger partial charge in [-0.05, 0) is 13.8 Å². The van der Waals surface area contributed by atoms with Crippen LogP contribution in [0.15, 0.2) is 4.42 Å². The van der Waals surface area contributed by atoms with Gasteiger partial charge >= 0.3 is 0 Å². The van der Waals surface area contributed by atoms with Crippen LogP contribution in [0.4, 0.5) is 5.88 Å². The van der Waals surface area contributed by atoms with Crippen LogP contribution in [0.3, 0.4) is 0 Å². The van der Waals surface area contributed by atoms with E-state index in [1.165, 1.54) is 0 Å². The van der Waals surface area contributed by atoms with E-state index >= 15 is 0 Å². The summed E-state index contributed by atoms with van der Waals surface area (Å²) in [4.78, 5) is 3.89. The zero-order valence-electron chi connectivity index (χ0n) is 7.38. The number of nitriles is 1. The standard InChI is InChI=1S/C8H11N3O/c1-5(2)10-8-7(4-9)11-6(3)12-8/h5,10H,1-3H3. The lowest BCUT2D eigenvalue weighted by Gasteiger charge is -2.04. The van der Waals surface area contributed by atoms with Gasteiger partial charge in [-0.3, -0.25) is 0 Å². The number of aryl methyl sites for hydroxylation is 1. The number of nitrogens with zero attached hydrogens (tertiary/aromatic N) is 2. The summed E-state index contributed by atoms with van der Waals surface area (Å²) in [5.41, 5.74) is 0.321. The average Bonchev–Trinajstić information content (AvgIpc) is 2.29. The molecule has 0 aromatic carbocycles. The molecule has 1 heterocycles. The van der Waals surface area contributed by atoms with Gasteiger partial charge < -0.3 is 9.73 Å². The molecule has 0 aliphatic carbocycles. The van der Waals surface area contributed by atoms with Crippen LogP contribution in [-0.2, 0) is 0 Å². The highest BCUT2D eigenvalue weighted by Crippen LogP contribution is 2.16. The van der Waals surface area contributed by atoms with Crippen molar-refractivity contribution >= 4 is 5.88 Å². The maximum Gasteiger partial charge on any atom is 0.232 e. The van der Waals surface area contributed by atoms with Gasteiger partial charge in [0.05, 0.1) is 0 Å². The smallest absolute Gasteiger partial charge is 0.232 e. The Balaban J connectivity index is 2.91. The van der Waals surface area contributed by atoms with Gasteiger partial charge in [0.2, 0.25) is 11.6 Å². The molecule has 0 saturated heterocycles. The largest absolute Gasteiger partial charge is 0.424 e. The number of hydrogen-bond acceptors (Lipinski definition) is 4. The van der Waals surface area contributed by atoms with Crippen LogP contribution in [0, 0.1) is 18.3 Å². The number of anilines is 1. The number of hydrogen-bond donors (Lipinski definition) is 1. The molecular weight excluding hydrogens is 154 g/mol. The van der Waals surface area contributed by atoms with Crippen molar-refractivity contribution in [2.75, 3.05) is 5.32 Å². The molecule has 12 heavy (non-hydrogen) atoms. The molecule has 0 atom stereocenters. The summed E-state index contributed by atoms with van der Waals surface area (Å²) < 4.78 is 5.17. The van der Waals surface area contributed by atoms with Crippen LogP contribution in [-0.4, -0.2) is 11.0 Å². The quantitative estimate of drug-likeness (QED) is 0.724. The molecule has 0 radical (unpaired) electrons. The zero-order valence-corrected chi connectivity index (χ0v) is 7.38. The molecule has 4 heteroatoms. The van der Waals surface area contributed by atoms with Crippen molar-refractivity contribution in [3.63, 3.8) is 0 Å². The number of aromatic nitrogens is 1. The molecule has 0 aliphatic heterocycles. The van der Waals surface area contributed by atoms with E-state index in [2.05, 4.69) is 10.3 Å². The summed E-state index contributed by atoms with van der Waals surface area (Å²) in [5, 5.41) is 11.6. The van der Waals surface area contributed by atoms with Crippen molar-refractivity contribution < 1.29 is 4.42 Å². The summed E-state index contributed by atoms with van der Waals surface area (Å²) >= 11 is 0. The topological polar surface area (TPSA) is 61.9 Å². The molecule has 1 N–H and O–H groups in total. The van der Waals surface area contributed by atoms with Crippen molar-refractivity contribution in [1.29, 1.82) is 5.26 Å². The molecule has 0 unspecified atom stereocenters. The maximum atomic E-state index is 8.63. The van der Waals surface area contributed by atoms with Gasteiger partial charge in [-0.25, -0.2) is 4.98 Å². The molecule has 0 amide bonds. The Morgan fingerprint density at radius 1 is 1.58 bits per heavy atom. The molecule has 1 aromatic heterocycles. The van der Waals surface area contributed by atoms with E-state index in [4.69, 9.17) is 9.68 Å². The molecule has 1 aromatic rings. The highest BCUT2D eigenvalue weighted by atomic mass is 16.4. The van der Waals surface area contributed by atoms with E-state index in [0.717, 1.165) is 0 Å². The van der Waals surface area contributed by atoms with Crippen LogP contribution in [0.2, 0.25) is 0 Å². The van der Waals surface area contributed by atoms with Crippen LogP contribution < -0.4 is 5.32 Å². The van der Waals surface area contributed by atoms with Crippen molar-refractivity contribution in [3.05, 3.63) is 11.6 Å². The van der Waals surface area contributed by atoms with Gasteiger partial charge in [-0.1, -0.05) is 0 Å². The summed E-state index contributed by atoms with van der Waals surface area (Å²) in [5.74, 6) is 0.972. The third kappa shape index (κ3) is 1.76. The zero-order chi connectivity index (χ0) is 9.14. The summed E-state index contributed by atoms with van der Waals surface area (Å²) in [6.45, 7) is 5.66. The number of rotatable bonds is 2. The van der Waals surface area contributed by atoms with Crippen molar-refractivity contribution in [2.24, 2.45) is 0 Å². The van der Waals surface area contributed by atoms with Crippen LogP contribution in [0.5, 0.6) is 0 Å². The van der Waals surface area contributed by atoms with E-state index < -0.39 is 0 Å². The van der Waals surface area contributed by atoms with E-state index in [-0.39, 0.29) is 6.04 Å². The van der Waals surface area contributed by atoms with Gasteiger partial charge in [0.1, 0.15) is 6.07 Å². The fourth-order valence-corrected chi connectivity index (χ4v) is 0.863. The lowest BCUT2D eigenvalue weighted by atomic mass is 10.4. The van der Waals surface area contributed by atoms with Crippen molar-refractivity contribution in [3.8, 4) is 6.07 Å². The summed E-state index contributed by atoms with van der Waals surface area (Å²) in [6.07, 6.45) is 0. The van der Waals surface area contributed by atoms with Crippen LogP contribution in [0.1, 0.15) is 25.4 Å². The van der Waals surface area contributed by atoms with Gasteiger partial charge in [0.25, 0.3) is 0 Å². The van der Waals surface area contributed by atoms with Gasteiger partial charge in [-0.2, -0.15) is 5.26 Å². The Bertz CT molecular complexity index is 309. The molecule has 0 fully saturated rings. The second kappa shape index (κ2) is 3.26. The predicted molar refractivity (Wildman–Crippen MR) is 44.7 cm³/mol. The first-order valence-electron chi connectivity index (χ1n) is 3.77. The molecule has 0 saturated carbocycles. The highest BCUT2D eigenvalue weighted by molar-refractivity contribution is 5.45. The van der Waals surface area contributed by atoms with Crippen LogP contribution in [0.25, 0.3) is 0 Å². The number of oxazole rings is 1. The second-order valence-corrected chi connectivity index (χ2v) is 2.82.